The van der Waals surface area contributed by atoms with Crippen LogP contribution in [0.4, 0.5) is 5.69 Å². The second kappa shape index (κ2) is 13.7. The number of carbonyl (C=O) groups excluding carboxylic acids is 2. The quantitative estimate of drug-likeness (QED) is 0.316. The van der Waals surface area contributed by atoms with Crippen LogP contribution in [0.5, 0.6) is 5.75 Å². The highest BCUT2D eigenvalue weighted by Crippen LogP contribution is 2.31. The molecule has 2 amide bonds. The van der Waals surface area contributed by atoms with E-state index in [-0.39, 0.29) is 29.1 Å². The van der Waals surface area contributed by atoms with Crippen molar-refractivity contribution in [1.82, 2.24) is 10.2 Å². The standard InChI is InChI=1S/C30H36ClN3O5S/c1-6-27(30(36)32-21(2)3)33(19-23-15-17-24(39-5)18-16-23)29(35)20-34(28-14-10-13-26(31)22(28)4)40(37,38)25-11-8-7-9-12-25/h7-18,21,27H,6,19-20H2,1-5H3,(H,32,36)/t27-/m0/s1. The lowest BCUT2D eigenvalue weighted by Gasteiger charge is -2.34. The van der Waals surface area contributed by atoms with Crippen LogP contribution in [-0.4, -0.2) is 50.9 Å². The van der Waals surface area contributed by atoms with Gasteiger partial charge in [-0.3, -0.25) is 13.9 Å². The molecule has 0 saturated carbocycles. The number of methoxy groups -OCH3 is 1. The van der Waals surface area contributed by atoms with Crippen molar-refractivity contribution in [3.05, 3.63) is 88.9 Å². The second-order valence-electron chi connectivity index (χ2n) is 9.67. The van der Waals surface area contributed by atoms with Gasteiger partial charge in [0.05, 0.1) is 17.7 Å². The molecule has 1 N–H and O–H groups in total. The molecule has 0 aliphatic carbocycles. The molecule has 1 atom stereocenters. The van der Waals surface area contributed by atoms with Crippen molar-refractivity contribution in [3.8, 4) is 5.75 Å². The third-order valence-corrected chi connectivity index (χ3v) is 8.63. The van der Waals surface area contributed by atoms with Crippen molar-refractivity contribution in [3.63, 3.8) is 0 Å². The van der Waals surface area contributed by atoms with E-state index in [0.29, 0.717) is 22.8 Å². The summed E-state index contributed by atoms with van der Waals surface area (Å²) in [5.74, 6) is -0.181. The number of hydrogen-bond donors (Lipinski definition) is 1. The highest BCUT2D eigenvalue weighted by atomic mass is 35.5. The van der Waals surface area contributed by atoms with Crippen molar-refractivity contribution in [2.75, 3.05) is 18.0 Å². The zero-order valence-corrected chi connectivity index (χ0v) is 25.0. The van der Waals surface area contributed by atoms with Crippen molar-refractivity contribution in [1.29, 1.82) is 0 Å². The Hall–Kier alpha value is -3.56. The Morgan fingerprint density at radius 1 is 0.975 bits per heavy atom. The van der Waals surface area contributed by atoms with Gasteiger partial charge >= 0.3 is 0 Å². The lowest BCUT2D eigenvalue weighted by molar-refractivity contribution is -0.140. The summed E-state index contributed by atoms with van der Waals surface area (Å²) in [7, 11) is -2.60. The molecule has 3 aromatic carbocycles. The number of benzene rings is 3. The first kappa shape index (κ1) is 31.0. The molecular formula is C30H36ClN3O5S. The van der Waals surface area contributed by atoms with Crippen LogP contribution in [0.1, 0.15) is 38.3 Å². The Bertz CT molecular complexity index is 1410. The van der Waals surface area contributed by atoms with E-state index in [4.69, 9.17) is 16.3 Å². The molecule has 10 heteroatoms. The summed E-state index contributed by atoms with van der Waals surface area (Å²) >= 11 is 6.37. The van der Waals surface area contributed by atoms with Gasteiger partial charge < -0.3 is 15.0 Å². The third kappa shape index (κ3) is 7.34. The monoisotopic (exact) mass is 585 g/mol. The molecule has 0 unspecified atom stereocenters. The van der Waals surface area contributed by atoms with Crippen LogP contribution < -0.4 is 14.4 Å². The zero-order valence-electron chi connectivity index (χ0n) is 23.4. The van der Waals surface area contributed by atoms with Crippen LogP contribution in [0.3, 0.4) is 0 Å². The van der Waals surface area contributed by atoms with Gasteiger partial charge in [0, 0.05) is 17.6 Å². The van der Waals surface area contributed by atoms with Gasteiger partial charge in [-0.15, -0.1) is 0 Å². The summed E-state index contributed by atoms with van der Waals surface area (Å²) in [4.78, 5) is 28.8. The maximum atomic E-state index is 14.1. The van der Waals surface area contributed by atoms with Gasteiger partial charge in [-0.1, -0.05) is 54.9 Å². The van der Waals surface area contributed by atoms with Gasteiger partial charge in [-0.25, -0.2) is 8.42 Å². The minimum Gasteiger partial charge on any atom is -0.497 e. The fourth-order valence-corrected chi connectivity index (χ4v) is 5.99. The van der Waals surface area contributed by atoms with Gasteiger partial charge in [0.15, 0.2) is 0 Å². The van der Waals surface area contributed by atoms with E-state index < -0.39 is 28.5 Å². The van der Waals surface area contributed by atoms with Crippen LogP contribution in [0.15, 0.2) is 77.7 Å². The van der Waals surface area contributed by atoms with Crippen LogP contribution in [-0.2, 0) is 26.2 Å². The summed E-state index contributed by atoms with van der Waals surface area (Å²) in [5, 5.41) is 3.26. The van der Waals surface area contributed by atoms with E-state index in [1.807, 2.05) is 32.9 Å². The number of anilines is 1. The molecule has 0 aromatic heterocycles. The Morgan fingerprint density at radius 2 is 1.62 bits per heavy atom. The van der Waals surface area contributed by atoms with Gasteiger partial charge in [-0.2, -0.15) is 0 Å². The largest absolute Gasteiger partial charge is 0.497 e. The number of sulfonamides is 1. The molecule has 3 aromatic rings. The molecule has 0 saturated heterocycles. The number of nitrogens with zero attached hydrogens (tertiary/aromatic N) is 2. The van der Waals surface area contributed by atoms with Crippen LogP contribution in [0.25, 0.3) is 0 Å². The van der Waals surface area contributed by atoms with Crippen molar-refractivity contribution in [2.24, 2.45) is 0 Å². The highest BCUT2D eigenvalue weighted by Gasteiger charge is 2.34. The lowest BCUT2D eigenvalue weighted by Crippen LogP contribution is -2.53. The fourth-order valence-electron chi connectivity index (χ4n) is 4.33. The molecule has 3 rings (SSSR count). The Morgan fingerprint density at radius 3 is 2.20 bits per heavy atom. The second-order valence-corrected chi connectivity index (χ2v) is 11.9. The van der Waals surface area contributed by atoms with E-state index >= 15 is 0 Å². The van der Waals surface area contributed by atoms with Gasteiger partial charge in [0.2, 0.25) is 11.8 Å². The Labute approximate surface area is 241 Å². The number of amides is 2. The van der Waals surface area contributed by atoms with E-state index in [9.17, 15) is 18.0 Å². The number of nitrogens with one attached hydrogen (secondary N) is 1. The lowest BCUT2D eigenvalue weighted by atomic mass is 10.1. The molecule has 0 heterocycles. The number of hydrogen-bond acceptors (Lipinski definition) is 5. The van der Waals surface area contributed by atoms with Gasteiger partial charge in [0.25, 0.3) is 10.0 Å². The molecular weight excluding hydrogens is 550 g/mol. The topological polar surface area (TPSA) is 96.0 Å². The van der Waals surface area contributed by atoms with E-state index in [0.717, 1.165) is 9.87 Å². The van der Waals surface area contributed by atoms with Crippen LogP contribution in [0, 0.1) is 6.92 Å². The predicted octanol–water partition coefficient (Wildman–Crippen LogP) is 5.18. The minimum absolute atomic E-state index is 0.0356. The van der Waals surface area contributed by atoms with Crippen LogP contribution >= 0.6 is 11.6 Å². The summed E-state index contributed by atoms with van der Waals surface area (Å²) in [5.41, 5.74) is 1.57. The first-order valence-corrected chi connectivity index (χ1v) is 14.9. The molecule has 0 spiro atoms. The average Bonchev–Trinajstić information content (AvgIpc) is 2.93. The molecule has 0 aliphatic heterocycles. The predicted molar refractivity (Wildman–Crippen MR) is 158 cm³/mol. The number of halogens is 1. The number of carbonyl (C=O) groups is 2. The average molecular weight is 586 g/mol. The van der Waals surface area contributed by atoms with E-state index in [2.05, 4.69) is 5.32 Å². The third-order valence-electron chi connectivity index (χ3n) is 6.45. The Kier molecular flexibility index (Phi) is 10.6. The maximum absolute atomic E-state index is 14.1. The molecule has 0 bridgehead atoms. The van der Waals surface area contributed by atoms with Gasteiger partial charge in [-0.05, 0) is 74.7 Å². The van der Waals surface area contributed by atoms with Crippen LogP contribution in [0.2, 0.25) is 5.02 Å². The number of rotatable bonds is 12. The summed E-state index contributed by atoms with van der Waals surface area (Å²) in [6.45, 7) is 6.78. The maximum Gasteiger partial charge on any atom is 0.264 e. The summed E-state index contributed by atoms with van der Waals surface area (Å²) in [6.07, 6.45) is 0.335. The number of ether oxygens (including phenoxy) is 1. The summed E-state index contributed by atoms with van der Waals surface area (Å²) < 4.78 is 34.2. The molecule has 0 fully saturated rings. The Balaban J connectivity index is 2.09. The SMILES string of the molecule is CC[C@@H](C(=O)NC(C)C)N(Cc1ccc(OC)cc1)C(=O)CN(c1cccc(Cl)c1C)S(=O)(=O)c1ccccc1. The first-order valence-electron chi connectivity index (χ1n) is 13.0. The van der Waals surface area contributed by atoms with Crippen molar-refractivity contribution in [2.45, 2.75) is 57.6 Å². The molecule has 0 radical (unpaired) electrons. The van der Waals surface area contributed by atoms with Crippen molar-refractivity contribution >= 4 is 39.1 Å². The van der Waals surface area contributed by atoms with Gasteiger partial charge in [0.1, 0.15) is 18.3 Å². The fraction of sp³-hybridized carbons (Fsp3) is 0.333. The van der Waals surface area contributed by atoms with E-state index in [1.54, 1.807) is 62.6 Å². The summed E-state index contributed by atoms with van der Waals surface area (Å²) in [6, 6.07) is 19.1. The first-order chi connectivity index (χ1) is 19.0. The molecule has 214 valence electrons. The zero-order chi connectivity index (χ0) is 29.4. The molecule has 40 heavy (non-hydrogen) atoms. The highest BCUT2D eigenvalue weighted by molar-refractivity contribution is 7.92. The van der Waals surface area contributed by atoms with E-state index in [1.165, 1.54) is 17.0 Å². The molecule has 0 aliphatic rings. The smallest absolute Gasteiger partial charge is 0.264 e. The van der Waals surface area contributed by atoms with Crippen molar-refractivity contribution < 1.29 is 22.7 Å². The minimum atomic E-state index is -4.17. The molecule has 8 nitrogen and oxygen atoms in total. The normalized spacial score (nSPS) is 12.1.